The fourth-order valence-electron chi connectivity index (χ4n) is 2.09. The number of ketones is 1. The number of nitrogens with zero attached hydrogens (tertiary/aromatic N) is 1. The van der Waals surface area contributed by atoms with Gasteiger partial charge in [0.05, 0.1) is 12.5 Å². The fourth-order valence-corrected chi connectivity index (χ4v) is 2.09. The second-order valence-corrected chi connectivity index (χ2v) is 6.22. The van der Waals surface area contributed by atoms with Gasteiger partial charge in [0.15, 0.2) is 0 Å². The predicted molar refractivity (Wildman–Crippen MR) is 86.2 cm³/mol. The molecule has 1 aromatic carbocycles. The van der Waals surface area contributed by atoms with Crippen molar-refractivity contribution < 1.29 is 14.3 Å². The molecule has 0 unspecified atom stereocenters. The highest BCUT2D eigenvalue weighted by Gasteiger charge is 2.26. The van der Waals surface area contributed by atoms with Crippen molar-refractivity contribution in [2.75, 3.05) is 0 Å². The average Bonchev–Trinajstić information content (AvgIpc) is 2.99. The number of Topliss-reactive ketones (excluding diaryl/α,β-unsaturated/α-hetero) is 1. The second-order valence-electron chi connectivity index (χ2n) is 6.22. The van der Waals surface area contributed by atoms with Gasteiger partial charge in [-0.2, -0.15) is 0 Å². The van der Waals surface area contributed by atoms with E-state index in [0.717, 1.165) is 5.56 Å². The molecule has 1 aromatic heterocycles. The Balaban J connectivity index is 2.14. The molecule has 0 radical (unpaired) electrons. The molecule has 1 heterocycles. The molecule has 0 aliphatic heterocycles. The van der Waals surface area contributed by atoms with Crippen LogP contribution in [-0.4, -0.2) is 33.5 Å². The van der Waals surface area contributed by atoms with Crippen LogP contribution in [0.25, 0.3) is 0 Å². The van der Waals surface area contributed by atoms with Gasteiger partial charge < -0.3 is 15.0 Å². The van der Waals surface area contributed by atoms with Gasteiger partial charge in [0.1, 0.15) is 17.3 Å². The number of carbonyl (C=O) groups excluding carboxylic acids is 2. The molecule has 1 atom stereocenters. The topological polar surface area (TPSA) is 84.1 Å². The number of hydrogen-bond donors (Lipinski definition) is 2. The molecule has 0 bridgehead atoms. The third-order valence-corrected chi connectivity index (χ3v) is 3.05. The van der Waals surface area contributed by atoms with Crippen molar-refractivity contribution in [1.29, 1.82) is 0 Å². The first-order valence-corrected chi connectivity index (χ1v) is 7.41. The summed E-state index contributed by atoms with van der Waals surface area (Å²) in [6, 6.07) is 8.76. The van der Waals surface area contributed by atoms with Crippen molar-refractivity contribution >= 4 is 11.9 Å². The van der Waals surface area contributed by atoms with E-state index in [-0.39, 0.29) is 5.78 Å². The highest BCUT2D eigenvalue weighted by atomic mass is 16.6. The third-order valence-electron chi connectivity index (χ3n) is 3.05. The first-order chi connectivity index (χ1) is 10.8. The normalized spacial score (nSPS) is 12.5. The lowest BCUT2D eigenvalue weighted by molar-refractivity contribution is 0.0491. The number of benzene rings is 1. The molecule has 0 saturated carbocycles. The van der Waals surface area contributed by atoms with E-state index < -0.39 is 17.7 Å². The lowest BCUT2D eigenvalue weighted by Crippen LogP contribution is -2.44. The molecule has 6 heteroatoms. The first-order valence-electron chi connectivity index (χ1n) is 7.41. The minimum Gasteiger partial charge on any atom is -0.444 e. The Morgan fingerprint density at radius 1 is 1.26 bits per heavy atom. The highest BCUT2D eigenvalue weighted by Crippen LogP contribution is 2.11. The smallest absolute Gasteiger partial charge is 0.408 e. The summed E-state index contributed by atoms with van der Waals surface area (Å²) in [6.45, 7) is 5.32. The molecule has 2 rings (SSSR count). The highest BCUT2D eigenvalue weighted by molar-refractivity contribution is 6.00. The number of rotatable bonds is 5. The van der Waals surface area contributed by atoms with Crippen LogP contribution in [-0.2, 0) is 11.2 Å². The summed E-state index contributed by atoms with van der Waals surface area (Å²) < 4.78 is 5.25. The summed E-state index contributed by atoms with van der Waals surface area (Å²) in [5, 5.41) is 2.65. The third kappa shape index (κ3) is 5.25. The van der Waals surface area contributed by atoms with Gasteiger partial charge in [-0.15, -0.1) is 0 Å². The SMILES string of the molecule is CC(C)(C)OC(=O)N[C@H](Cc1ccccc1)C(=O)c1cnc[nH]1. The lowest BCUT2D eigenvalue weighted by Gasteiger charge is -2.23. The number of carbonyl (C=O) groups is 2. The number of nitrogens with one attached hydrogen (secondary N) is 2. The lowest BCUT2D eigenvalue weighted by atomic mass is 10.0. The molecule has 0 aliphatic rings. The molecule has 2 N–H and O–H groups in total. The van der Waals surface area contributed by atoms with E-state index in [2.05, 4.69) is 15.3 Å². The van der Waals surface area contributed by atoms with Crippen LogP contribution in [0.15, 0.2) is 42.9 Å². The van der Waals surface area contributed by atoms with Crippen LogP contribution in [0.4, 0.5) is 4.79 Å². The molecule has 23 heavy (non-hydrogen) atoms. The number of aromatic amines is 1. The van der Waals surface area contributed by atoms with E-state index in [1.807, 2.05) is 30.3 Å². The maximum absolute atomic E-state index is 12.6. The quantitative estimate of drug-likeness (QED) is 0.831. The molecular formula is C17H21N3O3. The number of amides is 1. The van der Waals surface area contributed by atoms with E-state index in [4.69, 9.17) is 4.74 Å². The summed E-state index contributed by atoms with van der Waals surface area (Å²) in [5.74, 6) is -0.239. The van der Waals surface area contributed by atoms with E-state index in [1.54, 1.807) is 20.8 Å². The average molecular weight is 315 g/mol. The Labute approximate surface area is 135 Å². The van der Waals surface area contributed by atoms with Crippen molar-refractivity contribution in [1.82, 2.24) is 15.3 Å². The van der Waals surface area contributed by atoms with E-state index >= 15 is 0 Å². The molecule has 0 aliphatic carbocycles. The van der Waals surface area contributed by atoms with Gasteiger partial charge in [0.25, 0.3) is 0 Å². The van der Waals surface area contributed by atoms with Crippen molar-refractivity contribution in [3.8, 4) is 0 Å². The molecule has 0 saturated heterocycles. The van der Waals surface area contributed by atoms with Gasteiger partial charge in [-0.25, -0.2) is 9.78 Å². The van der Waals surface area contributed by atoms with Crippen molar-refractivity contribution in [2.45, 2.75) is 38.8 Å². The Hall–Kier alpha value is -2.63. The van der Waals surface area contributed by atoms with E-state index in [1.165, 1.54) is 12.5 Å². The zero-order valence-electron chi connectivity index (χ0n) is 13.5. The fraction of sp³-hybridized carbons (Fsp3) is 0.353. The van der Waals surface area contributed by atoms with Crippen LogP contribution in [0.2, 0.25) is 0 Å². The largest absolute Gasteiger partial charge is 0.444 e. The number of hydrogen-bond acceptors (Lipinski definition) is 4. The van der Waals surface area contributed by atoms with Crippen molar-refractivity contribution in [3.63, 3.8) is 0 Å². The summed E-state index contributed by atoms with van der Waals surface area (Å²) in [5.41, 5.74) is 0.668. The monoisotopic (exact) mass is 315 g/mol. The molecule has 6 nitrogen and oxygen atoms in total. The Morgan fingerprint density at radius 2 is 1.96 bits per heavy atom. The maximum atomic E-state index is 12.6. The van der Waals surface area contributed by atoms with Crippen LogP contribution < -0.4 is 5.32 Å². The van der Waals surface area contributed by atoms with Gasteiger partial charge >= 0.3 is 6.09 Å². The number of alkyl carbamates (subject to hydrolysis) is 1. The molecule has 0 fully saturated rings. The number of H-pyrrole nitrogens is 1. The zero-order valence-corrected chi connectivity index (χ0v) is 13.5. The summed E-state index contributed by atoms with van der Waals surface area (Å²) in [4.78, 5) is 31.2. The van der Waals surface area contributed by atoms with Gasteiger partial charge in [0.2, 0.25) is 5.78 Å². The molecule has 2 aromatic rings. The number of aromatic nitrogens is 2. The summed E-state index contributed by atoms with van der Waals surface area (Å²) in [6.07, 6.45) is 2.63. The van der Waals surface area contributed by atoms with Crippen LogP contribution in [0.1, 0.15) is 36.8 Å². The Morgan fingerprint density at radius 3 is 2.52 bits per heavy atom. The second kappa shape index (κ2) is 7.09. The van der Waals surface area contributed by atoms with Crippen LogP contribution in [0, 0.1) is 0 Å². The summed E-state index contributed by atoms with van der Waals surface area (Å²) in [7, 11) is 0. The Bertz CT molecular complexity index is 645. The molecule has 122 valence electrons. The molecule has 0 spiro atoms. The van der Waals surface area contributed by atoms with Gasteiger partial charge in [-0.1, -0.05) is 30.3 Å². The maximum Gasteiger partial charge on any atom is 0.408 e. The van der Waals surface area contributed by atoms with E-state index in [9.17, 15) is 9.59 Å². The first kappa shape index (κ1) is 16.7. The number of ether oxygens (including phenoxy) is 1. The van der Waals surface area contributed by atoms with Crippen LogP contribution in [0.3, 0.4) is 0 Å². The Kier molecular flexibility index (Phi) is 5.16. The minimum absolute atomic E-state index is 0.239. The van der Waals surface area contributed by atoms with Crippen LogP contribution in [0.5, 0.6) is 0 Å². The number of imidazole rings is 1. The minimum atomic E-state index is -0.729. The van der Waals surface area contributed by atoms with Crippen molar-refractivity contribution in [2.24, 2.45) is 0 Å². The zero-order chi connectivity index (χ0) is 16.9. The standard InChI is InChI=1S/C17H21N3O3/c1-17(2,3)23-16(22)20-13(9-12-7-5-4-6-8-12)15(21)14-10-18-11-19-14/h4-8,10-11,13H,9H2,1-3H3,(H,18,19)(H,20,22)/t13-/m1/s1. The van der Waals surface area contributed by atoms with Gasteiger partial charge in [0, 0.05) is 6.42 Å². The van der Waals surface area contributed by atoms with Crippen molar-refractivity contribution in [3.05, 3.63) is 54.1 Å². The molecule has 1 amide bonds. The predicted octanol–water partition coefficient (Wildman–Crippen LogP) is 2.73. The molecular weight excluding hydrogens is 294 g/mol. The summed E-state index contributed by atoms with van der Waals surface area (Å²) >= 11 is 0. The van der Waals surface area contributed by atoms with Gasteiger partial charge in [-0.3, -0.25) is 4.79 Å². The van der Waals surface area contributed by atoms with E-state index in [0.29, 0.717) is 12.1 Å². The van der Waals surface area contributed by atoms with Crippen LogP contribution >= 0.6 is 0 Å². The van der Waals surface area contributed by atoms with Gasteiger partial charge in [-0.05, 0) is 26.3 Å².